The fraction of sp³-hybridized carbons (Fsp3) is 0.333. The summed E-state index contributed by atoms with van der Waals surface area (Å²) in [5, 5.41) is 2.66. The fourth-order valence-electron chi connectivity index (χ4n) is 1.22. The predicted molar refractivity (Wildman–Crippen MR) is 71.3 cm³/mol. The molecule has 1 rings (SSSR count). The van der Waals surface area contributed by atoms with Crippen molar-refractivity contribution >= 4 is 23.1 Å². The smallest absolute Gasteiger partial charge is 0.252 e. The number of hydrogen-bond donors (Lipinski definition) is 2. The molecular formula is C12H15FN2O2S. The van der Waals surface area contributed by atoms with Gasteiger partial charge >= 0.3 is 0 Å². The van der Waals surface area contributed by atoms with Crippen molar-refractivity contribution in [2.75, 3.05) is 7.11 Å². The van der Waals surface area contributed by atoms with E-state index in [1.807, 2.05) is 0 Å². The van der Waals surface area contributed by atoms with Crippen LogP contribution >= 0.6 is 12.2 Å². The van der Waals surface area contributed by atoms with E-state index in [0.29, 0.717) is 0 Å². The molecular weight excluding hydrogens is 255 g/mol. The summed E-state index contributed by atoms with van der Waals surface area (Å²) in [6.07, 6.45) is 0. The van der Waals surface area contributed by atoms with Crippen LogP contribution in [0.1, 0.15) is 24.2 Å². The van der Waals surface area contributed by atoms with Crippen molar-refractivity contribution in [2.24, 2.45) is 5.73 Å². The highest BCUT2D eigenvalue weighted by Crippen LogP contribution is 2.18. The number of halogens is 1. The lowest BCUT2D eigenvalue weighted by Gasteiger charge is -2.24. The molecule has 0 aliphatic carbocycles. The molecule has 6 heteroatoms. The molecule has 0 atom stereocenters. The highest BCUT2D eigenvalue weighted by molar-refractivity contribution is 7.80. The van der Waals surface area contributed by atoms with Crippen molar-refractivity contribution in [3.8, 4) is 5.75 Å². The van der Waals surface area contributed by atoms with Crippen LogP contribution in [0.2, 0.25) is 0 Å². The van der Waals surface area contributed by atoms with E-state index in [9.17, 15) is 9.18 Å². The van der Waals surface area contributed by atoms with Crippen molar-refractivity contribution < 1.29 is 13.9 Å². The van der Waals surface area contributed by atoms with Crippen LogP contribution in [0, 0.1) is 5.82 Å². The van der Waals surface area contributed by atoms with Crippen LogP contribution in [0.25, 0.3) is 0 Å². The summed E-state index contributed by atoms with van der Waals surface area (Å²) < 4.78 is 18.0. The van der Waals surface area contributed by atoms with Gasteiger partial charge in [0.15, 0.2) is 11.6 Å². The number of nitrogens with two attached hydrogens (primary N) is 1. The first kappa shape index (κ1) is 14.4. The molecule has 4 nitrogen and oxygen atoms in total. The van der Waals surface area contributed by atoms with Crippen LogP contribution < -0.4 is 15.8 Å². The van der Waals surface area contributed by atoms with Gasteiger partial charge in [0.1, 0.15) is 0 Å². The standard InChI is InChI=1S/C12H15FN2O2S/c1-12(2,11(14)18)15-10(16)7-4-5-8(13)9(6-7)17-3/h4-6H,1-3H3,(H2,14,18)(H,15,16). The zero-order valence-electron chi connectivity index (χ0n) is 10.4. The monoisotopic (exact) mass is 270 g/mol. The molecule has 0 bridgehead atoms. The molecule has 1 amide bonds. The number of ether oxygens (including phenoxy) is 1. The molecule has 18 heavy (non-hydrogen) atoms. The van der Waals surface area contributed by atoms with Gasteiger partial charge in [-0.25, -0.2) is 4.39 Å². The molecule has 1 aromatic carbocycles. The third kappa shape index (κ3) is 3.16. The average molecular weight is 270 g/mol. The quantitative estimate of drug-likeness (QED) is 0.816. The van der Waals surface area contributed by atoms with Crippen LogP contribution in [-0.2, 0) is 0 Å². The van der Waals surface area contributed by atoms with Crippen molar-refractivity contribution in [3.63, 3.8) is 0 Å². The third-order valence-corrected chi connectivity index (χ3v) is 2.97. The maximum absolute atomic E-state index is 13.2. The molecule has 0 fully saturated rings. The van der Waals surface area contributed by atoms with E-state index in [1.165, 1.54) is 25.3 Å². The summed E-state index contributed by atoms with van der Waals surface area (Å²) in [6.45, 7) is 3.38. The number of rotatable bonds is 4. The van der Waals surface area contributed by atoms with Crippen molar-refractivity contribution in [1.29, 1.82) is 0 Å². The SMILES string of the molecule is COc1cc(C(=O)NC(C)(C)C(N)=S)ccc1F. The predicted octanol–water partition coefficient (Wildman–Crippen LogP) is 1.63. The highest BCUT2D eigenvalue weighted by Gasteiger charge is 2.24. The van der Waals surface area contributed by atoms with Crippen molar-refractivity contribution in [2.45, 2.75) is 19.4 Å². The summed E-state index contributed by atoms with van der Waals surface area (Å²) in [5.41, 5.74) is 4.97. The van der Waals surface area contributed by atoms with Gasteiger partial charge in [0, 0.05) is 5.56 Å². The molecule has 98 valence electrons. The van der Waals surface area contributed by atoms with Crippen LogP contribution in [-0.4, -0.2) is 23.5 Å². The van der Waals surface area contributed by atoms with E-state index in [4.69, 9.17) is 22.7 Å². The van der Waals surface area contributed by atoms with E-state index < -0.39 is 17.3 Å². The number of carbonyl (C=O) groups is 1. The Morgan fingerprint density at radius 2 is 2.11 bits per heavy atom. The van der Waals surface area contributed by atoms with Gasteiger partial charge in [-0.05, 0) is 32.0 Å². The van der Waals surface area contributed by atoms with Gasteiger partial charge in [-0.15, -0.1) is 0 Å². The Bertz CT molecular complexity index is 489. The summed E-state index contributed by atoms with van der Waals surface area (Å²) in [4.78, 5) is 12.1. The molecule has 0 radical (unpaired) electrons. The lowest BCUT2D eigenvalue weighted by molar-refractivity contribution is 0.0932. The first-order valence-electron chi connectivity index (χ1n) is 5.24. The Kier molecular flexibility index (Phi) is 4.24. The maximum atomic E-state index is 13.2. The Morgan fingerprint density at radius 1 is 1.50 bits per heavy atom. The Labute approximate surface area is 110 Å². The molecule has 1 aromatic rings. The van der Waals surface area contributed by atoms with Crippen LogP contribution in [0.15, 0.2) is 18.2 Å². The fourth-order valence-corrected chi connectivity index (χ4v) is 1.27. The zero-order chi connectivity index (χ0) is 13.9. The van der Waals surface area contributed by atoms with Gasteiger partial charge in [-0.2, -0.15) is 0 Å². The van der Waals surface area contributed by atoms with E-state index in [-0.39, 0.29) is 16.3 Å². The molecule has 0 unspecified atom stereocenters. The maximum Gasteiger partial charge on any atom is 0.252 e. The molecule has 0 heterocycles. The lowest BCUT2D eigenvalue weighted by atomic mass is 10.0. The summed E-state index contributed by atoms with van der Waals surface area (Å²) in [7, 11) is 1.33. The van der Waals surface area contributed by atoms with Gasteiger partial charge in [0.2, 0.25) is 0 Å². The molecule has 0 aliphatic rings. The molecule has 3 N–H and O–H groups in total. The minimum absolute atomic E-state index is 0.00998. The van der Waals surface area contributed by atoms with E-state index >= 15 is 0 Å². The number of hydrogen-bond acceptors (Lipinski definition) is 3. The van der Waals surface area contributed by atoms with E-state index in [0.717, 1.165) is 0 Å². The Morgan fingerprint density at radius 3 is 2.61 bits per heavy atom. The summed E-state index contributed by atoms with van der Waals surface area (Å²) in [6, 6.07) is 3.85. The zero-order valence-corrected chi connectivity index (χ0v) is 11.2. The van der Waals surface area contributed by atoms with Crippen LogP contribution in [0.4, 0.5) is 4.39 Å². The number of thiocarbonyl (C=S) groups is 1. The molecule has 0 saturated heterocycles. The summed E-state index contributed by atoms with van der Waals surface area (Å²) in [5.74, 6) is -0.912. The number of benzene rings is 1. The number of amides is 1. The molecule has 0 aromatic heterocycles. The van der Waals surface area contributed by atoms with Crippen LogP contribution in [0.3, 0.4) is 0 Å². The summed E-state index contributed by atoms with van der Waals surface area (Å²) >= 11 is 4.85. The van der Waals surface area contributed by atoms with Gasteiger partial charge in [0.05, 0.1) is 17.6 Å². The van der Waals surface area contributed by atoms with E-state index in [2.05, 4.69) is 5.32 Å². The minimum atomic E-state index is -0.811. The van der Waals surface area contributed by atoms with Crippen LogP contribution in [0.5, 0.6) is 5.75 Å². The first-order valence-corrected chi connectivity index (χ1v) is 5.64. The largest absolute Gasteiger partial charge is 0.494 e. The average Bonchev–Trinajstić information content (AvgIpc) is 2.28. The van der Waals surface area contributed by atoms with E-state index in [1.54, 1.807) is 13.8 Å². The Hall–Kier alpha value is -1.69. The highest BCUT2D eigenvalue weighted by atomic mass is 32.1. The minimum Gasteiger partial charge on any atom is -0.494 e. The molecule has 0 spiro atoms. The number of nitrogens with one attached hydrogen (secondary N) is 1. The number of methoxy groups -OCH3 is 1. The van der Waals surface area contributed by atoms with Crippen molar-refractivity contribution in [3.05, 3.63) is 29.6 Å². The first-order chi connectivity index (χ1) is 8.27. The molecule has 0 aliphatic heterocycles. The van der Waals surface area contributed by atoms with Gasteiger partial charge < -0.3 is 15.8 Å². The third-order valence-electron chi connectivity index (χ3n) is 2.46. The topological polar surface area (TPSA) is 64.3 Å². The normalized spacial score (nSPS) is 10.9. The second kappa shape index (κ2) is 5.30. The van der Waals surface area contributed by atoms with Gasteiger partial charge in [-0.1, -0.05) is 12.2 Å². The van der Waals surface area contributed by atoms with Gasteiger partial charge in [-0.3, -0.25) is 4.79 Å². The second-order valence-corrected chi connectivity index (χ2v) is 4.73. The van der Waals surface area contributed by atoms with Crippen molar-refractivity contribution in [1.82, 2.24) is 5.32 Å². The number of carbonyl (C=O) groups excluding carboxylic acids is 1. The second-order valence-electron chi connectivity index (χ2n) is 4.29. The lowest BCUT2D eigenvalue weighted by Crippen LogP contribution is -2.52. The van der Waals surface area contributed by atoms with Gasteiger partial charge in [0.25, 0.3) is 5.91 Å². The molecule has 0 saturated carbocycles. The Balaban J connectivity index is 2.95.